The van der Waals surface area contributed by atoms with E-state index in [4.69, 9.17) is 10.5 Å². The predicted molar refractivity (Wildman–Crippen MR) is 49.4 cm³/mol. The minimum Gasteiger partial charge on any atom is -0.463 e. The monoisotopic (exact) mass is 182 g/mol. The first-order valence-corrected chi connectivity index (χ1v) is 4.65. The van der Waals surface area contributed by atoms with E-state index in [-0.39, 0.29) is 6.04 Å². The third-order valence-corrected chi connectivity index (χ3v) is 3.00. The zero-order valence-corrected chi connectivity index (χ0v) is 7.60. The molecule has 0 aliphatic carbocycles. The lowest BCUT2D eigenvalue weighted by Gasteiger charge is -2.02. The van der Waals surface area contributed by atoms with Crippen LogP contribution in [0.2, 0.25) is 0 Å². The number of nitrogens with two attached hydrogens (primary N) is 1. The summed E-state index contributed by atoms with van der Waals surface area (Å²) in [5.74, 6) is 0. The van der Waals surface area contributed by atoms with Crippen LogP contribution in [0.3, 0.4) is 0 Å². The van der Waals surface area contributed by atoms with Gasteiger partial charge in [-0.25, -0.2) is 4.99 Å². The SMILES string of the molecule is Cc1ccsc1C1COC(N)=N1. The van der Waals surface area contributed by atoms with Crippen molar-refractivity contribution in [3.63, 3.8) is 0 Å². The van der Waals surface area contributed by atoms with Crippen LogP contribution in [-0.2, 0) is 4.74 Å². The fourth-order valence-corrected chi connectivity index (χ4v) is 2.20. The Morgan fingerprint density at radius 1 is 1.75 bits per heavy atom. The van der Waals surface area contributed by atoms with Crippen molar-refractivity contribution in [3.8, 4) is 0 Å². The molecule has 2 rings (SSSR count). The van der Waals surface area contributed by atoms with Gasteiger partial charge in [-0.05, 0) is 23.9 Å². The molecule has 64 valence electrons. The molecule has 12 heavy (non-hydrogen) atoms. The zero-order chi connectivity index (χ0) is 8.55. The molecule has 0 fully saturated rings. The Morgan fingerprint density at radius 2 is 2.58 bits per heavy atom. The molecule has 0 radical (unpaired) electrons. The largest absolute Gasteiger partial charge is 0.463 e. The summed E-state index contributed by atoms with van der Waals surface area (Å²) in [6, 6.07) is 2.53. The van der Waals surface area contributed by atoms with Crippen LogP contribution < -0.4 is 5.73 Å². The minimum absolute atomic E-state index is 0.130. The van der Waals surface area contributed by atoms with E-state index in [9.17, 15) is 0 Å². The molecule has 1 aromatic heterocycles. The second kappa shape index (κ2) is 2.79. The average Bonchev–Trinajstić information content (AvgIpc) is 2.58. The van der Waals surface area contributed by atoms with Crippen molar-refractivity contribution in [2.75, 3.05) is 6.61 Å². The molecule has 1 aliphatic rings. The van der Waals surface area contributed by atoms with Crippen molar-refractivity contribution in [1.29, 1.82) is 0 Å². The molecule has 0 aromatic carbocycles. The van der Waals surface area contributed by atoms with Crippen LogP contribution >= 0.6 is 11.3 Å². The fraction of sp³-hybridized carbons (Fsp3) is 0.375. The smallest absolute Gasteiger partial charge is 0.282 e. The first-order valence-electron chi connectivity index (χ1n) is 3.77. The number of nitrogens with zero attached hydrogens (tertiary/aromatic N) is 1. The Bertz CT molecular complexity index is 319. The van der Waals surface area contributed by atoms with Gasteiger partial charge in [-0.2, -0.15) is 0 Å². The van der Waals surface area contributed by atoms with Gasteiger partial charge in [0.05, 0.1) is 0 Å². The van der Waals surface area contributed by atoms with E-state index in [0.717, 1.165) is 0 Å². The molecule has 0 saturated heterocycles. The summed E-state index contributed by atoms with van der Waals surface area (Å²) in [4.78, 5) is 5.43. The van der Waals surface area contributed by atoms with Crippen LogP contribution in [0.5, 0.6) is 0 Å². The minimum atomic E-state index is 0.130. The van der Waals surface area contributed by atoms with Crippen LogP contribution in [0.1, 0.15) is 16.5 Å². The van der Waals surface area contributed by atoms with Gasteiger partial charge in [0.25, 0.3) is 6.02 Å². The van der Waals surface area contributed by atoms with Gasteiger partial charge in [-0.15, -0.1) is 11.3 Å². The van der Waals surface area contributed by atoms with Crippen molar-refractivity contribution in [3.05, 3.63) is 21.9 Å². The lowest BCUT2D eigenvalue weighted by atomic mass is 10.2. The molecule has 0 amide bonds. The van der Waals surface area contributed by atoms with Crippen LogP contribution in [-0.4, -0.2) is 12.6 Å². The molecule has 3 nitrogen and oxygen atoms in total. The molecule has 1 unspecified atom stereocenters. The van der Waals surface area contributed by atoms with Gasteiger partial charge in [0.15, 0.2) is 0 Å². The summed E-state index contributed by atoms with van der Waals surface area (Å²) in [6.45, 7) is 2.67. The Hall–Kier alpha value is -1.03. The van der Waals surface area contributed by atoms with Gasteiger partial charge in [0.2, 0.25) is 0 Å². The third kappa shape index (κ3) is 1.18. The Balaban J connectivity index is 2.27. The molecule has 1 atom stereocenters. The standard InChI is InChI=1S/C8H10N2OS/c1-5-2-3-12-7(5)6-4-11-8(9)10-6/h2-3,6H,4H2,1H3,(H2,9,10). The zero-order valence-electron chi connectivity index (χ0n) is 6.78. The van der Waals surface area contributed by atoms with Crippen molar-refractivity contribution >= 4 is 17.4 Å². The molecule has 1 aromatic rings. The van der Waals surface area contributed by atoms with Crippen molar-refractivity contribution in [1.82, 2.24) is 0 Å². The van der Waals surface area contributed by atoms with Gasteiger partial charge in [0, 0.05) is 4.88 Å². The Kier molecular flexibility index (Phi) is 1.77. The maximum Gasteiger partial charge on any atom is 0.282 e. The van der Waals surface area contributed by atoms with Crippen LogP contribution in [0.25, 0.3) is 0 Å². The number of aliphatic imine (C=N–C) groups is 1. The van der Waals surface area contributed by atoms with E-state index in [0.29, 0.717) is 12.6 Å². The highest BCUT2D eigenvalue weighted by atomic mass is 32.1. The highest BCUT2D eigenvalue weighted by Crippen LogP contribution is 2.29. The summed E-state index contributed by atoms with van der Waals surface area (Å²) >= 11 is 1.71. The van der Waals surface area contributed by atoms with E-state index < -0.39 is 0 Å². The lowest BCUT2D eigenvalue weighted by molar-refractivity contribution is 0.316. The topological polar surface area (TPSA) is 47.6 Å². The number of hydrogen-bond acceptors (Lipinski definition) is 4. The van der Waals surface area contributed by atoms with Crippen molar-refractivity contribution in [2.24, 2.45) is 10.7 Å². The first-order chi connectivity index (χ1) is 5.77. The van der Waals surface area contributed by atoms with Gasteiger partial charge in [0.1, 0.15) is 12.6 Å². The normalized spacial score (nSPS) is 22.1. The number of hydrogen-bond donors (Lipinski definition) is 1. The molecule has 2 heterocycles. The molecule has 0 saturated carbocycles. The molecule has 4 heteroatoms. The summed E-state index contributed by atoms with van der Waals surface area (Å²) < 4.78 is 5.08. The van der Waals surface area contributed by atoms with E-state index >= 15 is 0 Å². The van der Waals surface area contributed by atoms with Gasteiger partial charge < -0.3 is 10.5 Å². The van der Waals surface area contributed by atoms with Crippen LogP contribution in [0, 0.1) is 6.92 Å². The highest BCUT2D eigenvalue weighted by Gasteiger charge is 2.20. The average molecular weight is 182 g/mol. The van der Waals surface area contributed by atoms with Gasteiger partial charge in [-0.1, -0.05) is 0 Å². The number of rotatable bonds is 1. The maximum absolute atomic E-state index is 5.41. The lowest BCUT2D eigenvalue weighted by Crippen LogP contribution is -2.10. The van der Waals surface area contributed by atoms with E-state index in [1.807, 2.05) is 0 Å². The van der Waals surface area contributed by atoms with Crippen LogP contribution in [0.4, 0.5) is 0 Å². The van der Waals surface area contributed by atoms with E-state index in [1.165, 1.54) is 10.4 Å². The quantitative estimate of drug-likeness (QED) is 0.714. The van der Waals surface area contributed by atoms with Gasteiger partial charge in [-0.3, -0.25) is 0 Å². The second-order valence-electron chi connectivity index (χ2n) is 2.76. The summed E-state index contributed by atoms with van der Waals surface area (Å²) in [5.41, 5.74) is 6.68. The molecular formula is C8H10N2OS. The molecule has 1 aliphatic heterocycles. The highest BCUT2D eigenvalue weighted by molar-refractivity contribution is 7.10. The van der Waals surface area contributed by atoms with E-state index in [2.05, 4.69) is 23.4 Å². The summed E-state index contributed by atoms with van der Waals surface area (Å²) in [5, 5.41) is 2.06. The summed E-state index contributed by atoms with van der Waals surface area (Å²) in [6.07, 6.45) is 0. The molecule has 0 spiro atoms. The number of thiophene rings is 1. The van der Waals surface area contributed by atoms with Crippen LogP contribution in [0.15, 0.2) is 16.4 Å². The third-order valence-electron chi connectivity index (χ3n) is 1.88. The fourth-order valence-electron chi connectivity index (χ4n) is 1.25. The second-order valence-corrected chi connectivity index (χ2v) is 3.71. The maximum atomic E-state index is 5.41. The number of aryl methyl sites for hydroxylation is 1. The van der Waals surface area contributed by atoms with E-state index in [1.54, 1.807) is 11.3 Å². The molecule has 0 bridgehead atoms. The number of ether oxygens (including phenoxy) is 1. The van der Waals surface area contributed by atoms with Crippen molar-refractivity contribution in [2.45, 2.75) is 13.0 Å². The summed E-state index contributed by atoms with van der Waals surface area (Å²) in [7, 11) is 0. The molecular weight excluding hydrogens is 172 g/mol. The van der Waals surface area contributed by atoms with Gasteiger partial charge >= 0.3 is 0 Å². The Labute approximate surface area is 74.9 Å². The molecule has 2 N–H and O–H groups in total. The predicted octanol–water partition coefficient (Wildman–Crippen LogP) is 1.44. The Morgan fingerprint density at radius 3 is 3.08 bits per heavy atom. The first kappa shape index (κ1) is 7.61. The number of amidine groups is 1. The van der Waals surface area contributed by atoms with Crippen molar-refractivity contribution < 1.29 is 4.74 Å².